The van der Waals surface area contributed by atoms with E-state index in [-0.39, 0.29) is 17.4 Å². The number of halogens is 2. The molecule has 0 aliphatic heterocycles. The Kier molecular flexibility index (Phi) is 9.80. The molecule has 0 unspecified atom stereocenters. The predicted molar refractivity (Wildman–Crippen MR) is 89.7 cm³/mol. The summed E-state index contributed by atoms with van der Waals surface area (Å²) in [6.07, 6.45) is 6.63. The third kappa shape index (κ3) is 8.13. The van der Waals surface area contributed by atoms with Crippen LogP contribution in [0.3, 0.4) is 0 Å². The van der Waals surface area contributed by atoms with Gasteiger partial charge in [0.15, 0.2) is 11.5 Å². The minimum Gasteiger partial charge on any atom is -0.493 e. The quantitative estimate of drug-likeness (QED) is 0.575. The first kappa shape index (κ1) is 20.2. The zero-order chi connectivity index (χ0) is 17.8. The monoisotopic (exact) mass is 343 g/mol. The van der Waals surface area contributed by atoms with Crippen molar-refractivity contribution in [1.29, 1.82) is 0 Å². The van der Waals surface area contributed by atoms with Crippen molar-refractivity contribution in [2.45, 2.75) is 58.5 Å². The highest BCUT2D eigenvalue weighted by Gasteiger charge is 2.11. The summed E-state index contributed by atoms with van der Waals surface area (Å²) in [6.45, 7) is -0.278. The van der Waals surface area contributed by atoms with Gasteiger partial charge in [-0.25, -0.2) is 0 Å². The molecule has 24 heavy (non-hydrogen) atoms. The molecule has 0 aliphatic carbocycles. The summed E-state index contributed by atoms with van der Waals surface area (Å²) in [7, 11) is 1.40. The molecule has 0 spiro atoms. The highest BCUT2D eigenvalue weighted by atomic mass is 19.3. The Balaban J connectivity index is 2.35. The fourth-order valence-electron chi connectivity index (χ4n) is 2.39. The van der Waals surface area contributed by atoms with Crippen LogP contribution in [0.25, 0.3) is 0 Å². The molecular weight excluding hydrogens is 316 g/mol. The van der Waals surface area contributed by atoms with E-state index in [2.05, 4.69) is 17.0 Å². The maximum atomic E-state index is 12.4. The molecule has 1 rings (SSSR count). The van der Waals surface area contributed by atoms with Crippen molar-refractivity contribution < 1.29 is 23.0 Å². The van der Waals surface area contributed by atoms with Gasteiger partial charge in [-0.3, -0.25) is 4.79 Å². The van der Waals surface area contributed by atoms with Crippen LogP contribution in [0, 0.1) is 0 Å². The molecular formula is C18H27F2NO3. The second-order valence-electron chi connectivity index (χ2n) is 5.63. The van der Waals surface area contributed by atoms with E-state index in [1.807, 2.05) is 0 Å². The molecule has 0 aliphatic rings. The molecule has 4 nitrogen and oxygen atoms in total. The first-order valence-corrected chi connectivity index (χ1v) is 8.45. The van der Waals surface area contributed by atoms with Crippen LogP contribution in [0.15, 0.2) is 18.2 Å². The Labute approximate surface area is 142 Å². The zero-order valence-electron chi connectivity index (χ0n) is 14.4. The Morgan fingerprint density at radius 2 is 1.92 bits per heavy atom. The standard InChI is InChI=1S/C18H27F2NO3/c1-3-4-5-6-7-8-17(22)21-12-11-14-9-10-15(23-2)16(13-14)24-18(19)20/h9-10,13,18H,3-8,11-12H2,1-2H3,(H,21,22). The number of benzene rings is 1. The van der Waals surface area contributed by atoms with Crippen LogP contribution in [0.1, 0.15) is 51.0 Å². The minimum absolute atomic E-state index is 0.00671. The van der Waals surface area contributed by atoms with Crippen LogP contribution < -0.4 is 14.8 Å². The van der Waals surface area contributed by atoms with Crippen LogP contribution in [0.4, 0.5) is 8.78 Å². The summed E-state index contributed by atoms with van der Waals surface area (Å²) in [5.74, 6) is 0.298. The van der Waals surface area contributed by atoms with E-state index in [9.17, 15) is 13.6 Å². The Morgan fingerprint density at radius 1 is 1.17 bits per heavy atom. The van der Waals surface area contributed by atoms with Crippen molar-refractivity contribution in [3.05, 3.63) is 23.8 Å². The van der Waals surface area contributed by atoms with Gasteiger partial charge in [0.1, 0.15) is 0 Å². The normalized spacial score (nSPS) is 10.7. The average molecular weight is 343 g/mol. The average Bonchev–Trinajstić information content (AvgIpc) is 2.54. The summed E-state index contributed by atoms with van der Waals surface area (Å²) in [5.41, 5.74) is 0.801. The van der Waals surface area contributed by atoms with Gasteiger partial charge in [-0.1, -0.05) is 38.7 Å². The van der Waals surface area contributed by atoms with Gasteiger partial charge < -0.3 is 14.8 Å². The van der Waals surface area contributed by atoms with Gasteiger partial charge in [0.25, 0.3) is 0 Å². The lowest BCUT2D eigenvalue weighted by molar-refractivity contribution is -0.121. The van der Waals surface area contributed by atoms with E-state index in [4.69, 9.17) is 4.74 Å². The molecule has 136 valence electrons. The summed E-state index contributed by atoms with van der Waals surface area (Å²) in [6, 6.07) is 4.87. The van der Waals surface area contributed by atoms with Crippen molar-refractivity contribution >= 4 is 5.91 Å². The van der Waals surface area contributed by atoms with E-state index in [0.29, 0.717) is 19.4 Å². The summed E-state index contributed by atoms with van der Waals surface area (Å²) >= 11 is 0. The van der Waals surface area contributed by atoms with Crippen LogP contribution >= 0.6 is 0 Å². The van der Waals surface area contributed by atoms with Crippen molar-refractivity contribution in [3.8, 4) is 11.5 Å². The number of amides is 1. The maximum absolute atomic E-state index is 12.4. The number of hydrogen-bond donors (Lipinski definition) is 1. The predicted octanol–water partition coefficient (Wildman–Crippen LogP) is 4.32. The first-order valence-electron chi connectivity index (χ1n) is 8.45. The van der Waals surface area contributed by atoms with Gasteiger partial charge in [0.2, 0.25) is 5.91 Å². The number of rotatable bonds is 12. The van der Waals surface area contributed by atoms with Gasteiger partial charge in [-0.05, 0) is 30.5 Å². The highest BCUT2D eigenvalue weighted by molar-refractivity contribution is 5.75. The lowest BCUT2D eigenvalue weighted by atomic mass is 10.1. The Morgan fingerprint density at radius 3 is 2.58 bits per heavy atom. The molecule has 0 bridgehead atoms. The Hall–Kier alpha value is -1.85. The fraction of sp³-hybridized carbons (Fsp3) is 0.611. The zero-order valence-corrected chi connectivity index (χ0v) is 14.4. The molecule has 0 aromatic heterocycles. The molecule has 0 saturated carbocycles. The topological polar surface area (TPSA) is 47.6 Å². The smallest absolute Gasteiger partial charge is 0.387 e. The summed E-state index contributed by atoms with van der Waals surface area (Å²) < 4.78 is 34.2. The van der Waals surface area contributed by atoms with E-state index in [1.165, 1.54) is 32.4 Å². The number of ether oxygens (including phenoxy) is 2. The molecule has 0 saturated heterocycles. The summed E-state index contributed by atoms with van der Waals surface area (Å²) in [5, 5.41) is 2.85. The van der Waals surface area contributed by atoms with Gasteiger partial charge in [0.05, 0.1) is 7.11 Å². The SMILES string of the molecule is CCCCCCCC(=O)NCCc1ccc(OC)c(OC(F)F)c1. The second kappa shape index (κ2) is 11.6. The fourth-order valence-corrected chi connectivity index (χ4v) is 2.39. The van der Waals surface area contributed by atoms with Crippen LogP contribution in [0.2, 0.25) is 0 Å². The third-order valence-corrected chi connectivity index (χ3v) is 3.69. The number of methoxy groups -OCH3 is 1. The highest BCUT2D eigenvalue weighted by Crippen LogP contribution is 2.29. The lowest BCUT2D eigenvalue weighted by Crippen LogP contribution is -2.25. The van der Waals surface area contributed by atoms with E-state index in [1.54, 1.807) is 12.1 Å². The molecule has 6 heteroatoms. The van der Waals surface area contributed by atoms with Gasteiger partial charge in [-0.2, -0.15) is 8.78 Å². The number of carbonyl (C=O) groups is 1. The Bertz CT molecular complexity index is 495. The minimum atomic E-state index is -2.90. The number of carbonyl (C=O) groups excluding carboxylic acids is 1. The number of unbranched alkanes of at least 4 members (excludes halogenated alkanes) is 4. The first-order chi connectivity index (χ1) is 11.6. The van der Waals surface area contributed by atoms with E-state index >= 15 is 0 Å². The summed E-state index contributed by atoms with van der Waals surface area (Å²) in [4.78, 5) is 11.7. The van der Waals surface area contributed by atoms with Crippen LogP contribution in [0.5, 0.6) is 11.5 Å². The number of hydrogen-bond acceptors (Lipinski definition) is 3. The van der Waals surface area contributed by atoms with E-state index < -0.39 is 6.61 Å². The molecule has 0 fully saturated rings. The number of alkyl halides is 2. The molecule has 0 radical (unpaired) electrons. The van der Waals surface area contributed by atoms with Gasteiger partial charge in [0, 0.05) is 13.0 Å². The van der Waals surface area contributed by atoms with Crippen molar-refractivity contribution in [3.63, 3.8) is 0 Å². The molecule has 1 amide bonds. The third-order valence-electron chi connectivity index (χ3n) is 3.69. The van der Waals surface area contributed by atoms with Crippen molar-refractivity contribution in [2.24, 2.45) is 0 Å². The van der Waals surface area contributed by atoms with Crippen LogP contribution in [-0.2, 0) is 11.2 Å². The van der Waals surface area contributed by atoms with Gasteiger partial charge >= 0.3 is 6.61 Å². The number of nitrogens with one attached hydrogen (secondary N) is 1. The lowest BCUT2D eigenvalue weighted by Gasteiger charge is -2.12. The van der Waals surface area contributed by atoms with E-state index in [0.717, 1.165) is 18.4 Å². The molecule has 0 atom stereocenters. The molecule has 1 aromatic carbocycles. The van der Waals surface area contributed by atoms with Crippen LogP contribution in [-0.4, -0.2) is 26.2 Å². The molecule has 1 N–H and O–H groups in total. The molecule has 1 aromatic rings. The maximum Gasteiger partial charge on any atom is 0.387 e. The van der Waals surface area contributed by atoms with Crippen molar-refractivity contribution in [2.75, 3.05) is 13.7 Å². The van der Waals surface area contributed by atoms with Gasteiger partial charge in [-0.15, -0.1) is 0 Å². The second-order valence-corrected chi connectivity index (χ2v) is 5.63. The largest absolute Gasteiger partial charge is 0.493 e. The molecule has 0 heterocycles. The van der Waals surface area contributed by atoms with Crippen molar-refractivity contribution in [1.82, 2.24) is 5.32 Å².